The van der Waals surface area contributed by atoms with Gasteiger partial charge in [-0.3, -0.25) is 9.78 Å². The maximum Gasteiger partial charge on any atom is 0.242 e. The monoisotopic (exact) mass is 328 g/mol. The lowest BCUT2D eigenvalue weighted by Crippen LogP contribution is -2.16. The second-order valence-corrected chi connectivity index (χ2v) is 6.33. The van der Waals surface area contributed by atoms with Crippen molar-refractivity contribution in [2.75, 3.05) is 25.6 Å². The minimum atomic E-state index is 0.0103. The van der Waals surface area contributed by atoms with Gasteiger partial charge in [0, 0.05) is 30.9 Å². The first kappa shape index (κ1) is 15.3. The molecule has 4 rings (SSSR count). The maximum atomic E-state index is 11.9. The molecule has 2 aromatic heterocycles. The van der Waals surface area contributed by atoms with Crippen LogP contribution in [0.3, 0.4) is 0 Å². The highest BCUT2D eigenvalue weighted by atomic mass is 16.5. The molecule has 1 amide bonds. The first-order valence-electron chi connectivity index (χ1n) is 8.34. The van der Waals surface area contributed by atoms with Crippen LogP contribution in [0.2, 0.25) is 0 Å². The van der Waals surface area contributed by atoms with Crippen LogP contribution in [0.1, 0.15) is 37.2 Å². The van der Waals surface area contributed by atoms with E-state index in [1.807, 2.05) is 6.20 Å². The number of carbonyl (C=O) groups is 1. The van der Waals surface area contributed by atoms with Gasteiger partial charge in [0.05, 0.1) is 18.8 Å². The van der Waals surface area contributed by atoms with E-state index in [9.17, 15) is 4.79 Å². The Hall–Kier alpha value is -2.28. The number of fused-ring (bicyclic) bond motifs is 1. The van der Waals surface area contributed by atoms with Crippen LogP contribution in [-0.4, -0.2) is 41.2 Å². The van der Waals surface area contributed by atoms with E-state index in [4.69, 9.17) is 9.47 Å². The van der Waals surface area contributed by atoms with Crippen molar-refractivity contribution in [1.29, 1.82) is 0 Å². The van der Waals surface area contributed by atoms with Gasteiger partial charge in [-0.2, -0.15) is 0 Å². The minimum absolute atomic E-state index is 0.0103. The lowest BCUT2D eigenvalue weighted by molar-refractivity contribution is -0.117. The number of anilines is 1. The molecule has 126 valence electrons. The van der Waals surface area contributed by atoms with Crippen molar-refractivity contribution in [3.05, 3.63) is 18.0 Å². The molecule has 24 heavy (non-hydrogen) atoms. The van der Waals surface area contributed by atoms with Crippen molar-refractivity contribution >= 4 is 22.8 Å². The highest BCUT2D eigenvalue weighted by Crippen LogP contribution is 2.34. The summed E-state index contributed by atoms with van der Waals surface area (Å²) in [4.78, 5) is 25.4. The summed E-state index contributed by atoms with van der Waals surface area (Å²) in [6.07, 6.45) is 7.24. The summed E-state index contributed by atoms with van der Waals surface area (Å²) in [6, 6.07) is 0. The first-order valence-corrected chi connectivity index (χ1v) is 8.34. The number of amides is 1. The summed E-state index contributed by atoms with van der Waals surface area (Å²) in [5.74, 6) is 1.37. The molecule has 1 aliphatic heterocycles. The van der Waals surface area contributed by atoms with Crippen molar-refractivity contribution in [3.8, 4) is 5.88 Å². The Labute approximate surface area is 139 Å². The average molecular weight is 328 g/mol. The number of hydrogen-bond donors (Lipinski definition) is 1. The molecule has 7 nitrogen and oxygen atoms in total. The Morgan fingerprint density at radius 2 is 1.96 bits per heavy atom. The van der Waals surface area contributed by atoms with E-state index in [0.717, 1.165) is 50.0 Å². The fraction of sp³-hybridized carbons (Fsp3) is 0.529. The van der Waals surface area contributed by atoms with E-state index < -0.39 is 0 Å². The van der Waals surface area contributed by atoms with Gasteiger partial charge in [0.25, 0.3) is 0 Å². The molecule has 3 heterocycles. The summed E-state index contributed by atoms with van der Waals surface area (Å²) in [5, 5.41) is 2.83. The molecule has 0 atom stereocenters. The van der Waals surface area contributed by atoms with Crippen LogP contribution in [0.25, 0.3) is 11.0 Å². The van der Waals surface area contributed by atoms with Crippen molar-refractivity contribution in [3.63, 3.8) is 0 Å². The van der Waals surface area contributed by atoms with E-state index in [-0.39, 0.29) is 11.8 Å². The highest BCUT2D eigenvalue weighted by Gasteiger charge is 2.30. The topological polar surface area (TPSA) is 86.2 Å². The largest absolute Gasteiger partial charge is 0.479 e. The van der Waals surface area contributed by atoms with E-state index >= 15 is 0 Å². The van der Waals surface area contributed by atoms with Gasteiger partial charge >= 0.3 is 0 Å². The summed E-state index contributed by atoms with van der Waals surface area (Å²) in [7, 11) is 1.56. The molecular weight excluding hydrogens is 308 g/mol. The Balaban J connectivity index is 1.72. The number of nitrogens with zero attached hydrogens (tertiary/aromatic N) is 3. The van der Waals surface area contributed by atoms with E-state index in [2.05, 4.69) is 20.3 Å². The van der Waals surface area contributed by atoms with E-state index in [1.54, 1.807) is 13.3 Å². The van der Waals surface area contributed by atoms with Crippen molar-refractivity contribution in [2.24, 2.45) is 5.92 Å². The molecule has 2 aliphatic rings. The highest BCUT2D eigenvalue weighted by molar-refractivity contribution is 5.94. The standard InChI is InChI=1S/C17H20N4O3/c1-23-17-15-14(12(8-19-17)10-4-6-24-7-5-10)18-9-13(20-15)21-16(22)11-2-3-11/h8-11H,2-7H2,1H3,(H,20,21,22). The Morgan fingerprint density at radius 1 is 1.17 bits per heavy atom. The molecule has 1 saturated heterocycles. The zero-order valence-electron chi connectivity index (χ0n) is 13.6. The van der Waals surface area contributed by atoms with Crippen LogP contribution in [0.5, 0.6) is 5.88 Å². The van der Waals surface area contributed by atoms with E-state index in [0.29, 0.717) is 23.1 Å². The Kier molecular flexibility index (Phi) is 4.02. The van der Waals surface area contributed by atoms with Gasteiger partial charge in [-0.1, -0.05) is 0 Å². The summed E-state index contributed by atoms with van der Waals surface area (Å²) in [5.41, 5.74) is 2.45. The van der Waals surface area contributed by atoms with Crippen molar-refractivity contribution in [2.45, 2.75) is 31.6 Å². The fourth-order valence-corrected chi connectivity index (χ4v) is 3.09. The predicted molar refractivity (Wildman–Crippen MR) is 88.0 cm³/mol. The number of carbonyl (C=O) groups excluding carboxylic acids is 1. The second kappa shape index (κ2) is 6.32. The molecule has 0 radical (unpaired) electrons. The lowest BCUT2D eigenvalue weighted by Gasteiger charge is -2.23. The second-order valence-electron chi connectivity index (χ2n) is 6.33. The molecule has 1 N–H and O–H groups in total. The van der Waals surface area contributed by atoms with Gasteiger partial charge in [0.1, 0.15) is 0 Å². The van der Waals surface area contributed by atoms with Crippen molar-refractivity contribution in [1.82, 2.24) is 15.0 Å². The Morgan fingerprint density at radius 3 is 2.67 bits per heavy atom. The van der Waals surface area contributed by atoms with Gasteiger partial charge in [-0.25, -0.2) is 9.97 Å². The molecule has 0 aromatic carbocycles. The van der Waals surface area contributed by atoms with Crippen LogP contribution in [0.15, 0.2) is 12.4 Å². The molecule has 0 bridgehead atoms. The summed E-state index contributed by atoms with van der Waals surface area (Å²) < 4.78 is 10.8. The van der Waals surface area contributed by atoms with Gasteiger partial charge < -0.3 is 14.8 Å². The normalized spacial score (nSPS) is 18.5. The molecular formula is C17H20N4O3. The summed E-state index contributed by atoms with van der Waals surface area (Å²) >= 11 is 0. The van der Waals surface area contributed by atoms with Crippen LogP contribution in [0.4, 0.5) is 5.82 Å². The van der Waals surface area contributed by atoms with Gasteiger partial charge in [-0.05, 0) is 31.6 Å². The molecule has 0 spiro atoms. The lowest BCUT2D eigenvalue weighted by atomic mass is 9.92. The molecule has 0 unspecified atom stereocenters. The molecule has 2 fully saturated rings. The smallest absolute Gasteiger partial charge is 0.242 e. The van der Waals surface area contributed by atoms with Gasteiger partial charge in [-0.15, -0.1) is 0 Å². The zero-order valence-corrected chi connectivity index (χ0v) is 13.6. The van der Waals surface area contributed by atoms with E-state index in [1.165, 1.54) is 0 Å². The third-order valence-electron chi connectivity index (χ3n) is 4.62. The molecule has 2 aromatic rings. The zero-order chi connectivity index (χ0) is 16.5. The van der Waals surface area contributed by atoms with Gasteiger partial charge in [0.15, 0.2) is 11.3 Å². The van der Waals surface area contributed by atoms with Crippen LogP contribution < -0.4 is 10.1 Å². The number of aromatic nitrogens is 3. The SMILES string of the molecule is COc1ncc(C2CCOCC2)c2ncc(NC(=O)C3CC3)nc12. The molecule has 1 aliphatic carbocycles. The Bertz CT molecular complexity index is 770. The fourth-order valence-electron chi connectivity index (χ4n) is 3.09. The third kappa shape index (κ3) is 2.91. The predicted octanol–water partition coefficient (Wildman–Crippen LogP) is 2.28. The molecule has 7 heteroatoms. The van der Waals surface area contributed by atoms with Crippen LogP contribution >= 0.6 is 0 Å². The number of pyridine rings is 1. The summed E-state index contributed by atoms with van der Waals surface area (Å²) in [6.45, 7) is 1.50. The van der Waals surface area contributed by atoms with Gasteiger partial charge in [0.2, 0.25) is 11.8 Å². The third-order valence-corrected chi connectivity index (χ3v) is 4.62. The number of methoxy groups -OCH3 is 1. The number of rotatable bonds is 4. The number of ether oxygens (including phenoxy) is 2. The quantitative estimate of drug-likeness (QED) is 0.926. The first-order chi connectivity index (χ1) is 11.8. The number of nitrogens with one attached hydrogen (secondary N) is 1. The van der Waals surface area contributed by atoms with Crippen molar-refractivity contribution < 1.29 is 14.3 Å². The van der Waals surface area contributed by atoms with Crippen LogP contribution in [0, 0.1) is 5.92 Å². The average Bonchev–Trinajstić information content (AvgIpc) is 3.46. The minimum Gasteiger partial charge on any atom is -0.479 e. The molecule has 1 saturated carbocycles. The number of hydrogen-bond acceptors (Lipinski definition) is 6. The maximum absolute atomic E-state index is 11.9. The van der Waals surface area contributed by atoms with Crippen LogP contribution in [-0.2, 0) is 9.53 Å².